The van der Waals surface area contributed by atoms with Gasteiger partial charge in [-0.2, -0.15) is 0 Å². The Labute approximate surface area is 98.3 Å². The Balaban J connectivity index is 2.05. The van der Waals surface area contributed by atoms with Crippen molar-refractivity contribution in [1.82, 2.24) is 10.2 Å². The van der Waals surface area contributed by atoms with Crippen LogP contribution in [-0.2, 0) is 9.53 Å². The average molecular weight is 228 g/mol. The van der Waals surface area contributed by atoms with Crippen molar-refractivity contribution in [3.63, 3.8) is 0 Å². The normalized spacial score (nSPS) is 21.5. The van der Waals surface area contributed by atoms with Gasteiger partial charge < -0.3 is 15.0 Å². The fourth-order valence-corrected chi connectivity index (χ4v) is 2.05. The Morgan fingerprint density at radius 1 is 1.50 bits per heavy atom. The van der Waals surface area contributed by atoms with Crippen molar-refractivity contribution in [1.29, 1.82) is 0 Å². The van der Waals surface area contributed by atoms with Crippen LogP contribution in [0.15, 0.2) is 0 Å². The van der Waals surface area contributed by atoms with E-state index in [1.807, 2.05) is 11.8 Å². The molecule has 0 saturated carbocycles. The Kier molecular flexibility index (Phi) is 6.42. The predicted molar refractivity (Wildman–Crippen MR) is 64.3 cm³/mol. The third-order valence-electron chi connectivity index (χ3n) is 3.06. The van der Waals surface area contributed by atoms with Crippen molar-refractivity contribution >= 4 is 5.91 Å². The highest BCUT2D eigenvalue weighted by atomic mass is 16.5. The molecule has 1 fully saturated rings. The fourth-order valence-electron chi connectivity index (χ4n) is 2.05. The number of nitrogens with one attached hydrogen (secondary N) is 1. The zero-order valence-corrected chi connectivity index (χ0v) is 10.5. The van der Waals surface area contributed by atoms with E-state index < -0.39 is 0 Å². The van der Waals surface area contributed by atoms with Crippen molar-refractivity contribution < 1.29 is 9.53 Å². The summed E-state index contributed by atoms with van der Waals surface area (Å²) < 4.78 is 4.94. The van der Waals surface area contributed by atoms with Gasteiger partial charge in [0.15, 0.2) is 0 Å². The van der Waals surface area contributed by atoms with Gasteiger partial charge in [0.25, 0.3) is 0 Å². The van der Waals surface area contributed by atoms with Crippen molar-refractivity contribution in [2.75, 3.05) is 39.9 Å². The molecule has 0 aliphatic carbocycles. The SMILES string of the molecule is COCCNCCCN1CCCC(C)C1=O. The maximum Gasteiger partial charge on any atom is 0.225 e. The van der Waals surface area contributed by atoms with E-state index in [1.165, 1.54) is 0 Å². The first-order chi connectivity index (χ1) is 7.75. The van der Waals surface area contributed by atoms with Crippen LogP contribution in [0.4, 0.5) is 0 Å². The van der Waals surface area contributed by atoms with Crippen LogP contribution in [0.2, 0.25) is 0 Å². The van der Waals surface area contributed by atoms with E-state index in [4.69, 9.17) is 4.74 Å². The van der Waals surface area contributed by atoms with Gasteiger partial charge in [-0.1, -0.05) is 6.92 Å². The summed E-state index contributed by atoms with van der Waals surface area (Å²) in [7, 11) is 1.70. The minimum atomic E-state index is 0.232. The molecule has 0 bridgehead atoms. The number of hydrogen-bond acceptors (Lipinski definition) is 3. The van der Waals surface area contributed by atoms with Gasteiger partial charge in [-0.25, -0.2) is 0 Å². The predicted octanol–water partition coefficient (Wildman–Crippen LogP) is 0.871. The van der Waals surface area contributed by atoms with Gasteiger partial charge in [-0.15, -0.1) is 0 Å². The van der Waals surface area contributed by atoms with Crippen LogP contribution in [0.1, 0.15) is 26.2 Å². The molecule has 1 saturated heterocycles. The number of ether oxygens (including phenoxy) is 1. The van der Waals surface area contributed by atoms with E-state index in [0.29, 0.717) is 5.91 Å². The van der Waals surface area contributed by atoms with Gasteiger partial charge in [0, 0.05) is 32.7 Å². The number of carbonyl (C=O) groups is 1. The summed E-state index contributed by atoms with van der Waals surface area (Å²) in [5.41, 5.74) is 0. The van der Waals surface area contributed by atoms with E-state index >= 15 is 0 Å². The minimum absolute atomic E-state index is 0.232. The first-order valence-corrected chi connectivity index (χ1v) is 6.24. The summed E-state index contributed by atoms with van der Waals surface area (Å²) in [4.78, 5) is 13.8. The zero-order chi connectivity index (χ0) is 11.8. The highest BCUT2D eigenvalue weighted by Gasteiger charge is 2.24. The number of methoxy groups -OCH3 is 1. The maximum absolute atomic E-state index is 11.8. The molecule has 0 aromatic heterocycles. The number of rotatable bonds is 7. The van der Waals surface area contributed by atoms with Gasteiger partial charge >= 0.3 is 0 Å². The molecular formula is C12H24N2O2. The molecule has 1 aliphatic heterocycles. The van der Waals surface area contributed by atoms with E-state index in [9.17, 15) is 4.79 Å². The maximum atomic E-state index is 11.8. The monoisotopic (exact) mass is 228 g/mol. The van der Waals surface area contributed by atoms with Crippen molar-refractivity contribution in [3.05, 3.63) is 0 Å². The second-order valence-electron chi connectivity index (χ2n) is 4.46. The first kappa shape index (κ1) is 13.5. The second kappa shape index (κ2) is 7.63. The lowest BCUT2D eigenvalue weighted by molar-refractivity contribution is -0.137. The second-order valence-corrected chi connectivity index (χ2v) is 4.46. The number of likely N-dealkylation sites (tertiary alicyclic amines) is 1. The lowest BCUT2D eigenvalue weighted by Gasteiger charge is -2.30. The topological polar surface area (TPSA) is 41.6 Å². The van der Waals surface area contributed by atoms with E-state index in [0.717, 1.165) is 52.0 Å². The Morgan fingerprint density at radius 3 is 3.06 bits per heavy atom. The molecule has 0 aromatic carbocycles. The summed E-state index contributed by atoms with van der Waals surface area (Å²) in [5.74, 6) is 0.568. The Bertz CT molecular complexity index is 209. The molecule has 16 heavy (non-hydrogen) atoms. The van der Waals surface area contributed by atoms with E-state index in [2.05, 4.69) is 5.32 Å². The lowest BCUT2D eigenvalue weighted by atomic mass is 9.99. The molecule has 1 unspecified atom stereocenters. The van der Waals surface area contributed by atoms with Crippen LogP contribution in [-0.4, -0.2) is 50.7 Å². The number of hydrogen-bond donors (Lipinski definition) is 1. The molecule has 0 radical (unpaired) electrons. The van der Waals surface area contributed by atoms with Crippen molar-refractivity contribution in [3.8, 4) is 0 Å². The van der Waals surface area contributed by atoms with Crippen LogP contribution >= 0.6 is 0 Å². The van der Waals surface area contributed by atoms with Gasteiger partial charge in [0.1, 0.15) is 0 Å². The molecule has 1 aliphatic rings. The fraction of sp³-hybridized carbons (Fsp3) is 0.917. The molecule has 1 atom stereocenters. The summed E-state index contributed by atoms with van der Waals surface area (Å²) in [5, 5.41) is 3.29. The molecule has 0 aromatic rings. The van der Waals surface area contributed by atoms with Crippen LogP contribution in [0.3, 0.4) is 0 Å². The summed E-state index contributed by atoms with van der Waals surface area (Å²) in [6.07, 6.45) is 3.24. The zero-order valence-electron chi connectivity index (χ0n) is 10.5. The van der Waals surface area contributed by atoms with Gasteiger partial charge in [-0.05, 0) is 25.8 Å². The van der Waals surface area contributed by atoms with Crippen LogP contribution in [0.25, 0.3) is 0 Å². The molecule has 1 heterocycles. The third-order valence-corrected chi connectivity index (χ3v) is 3.06. The van der Waals surface area contributed by atoms with Crippen molar-refractivity contribution in [2.24, 2.45) is 5.92 Å². The van der Waals surface area contributed by atoms with Gasteiger partial charge in [0.05, 0.1) is 6.61 Å². The third kappa shape index (κ3) is 4.49. The molecule has 94 valence electrons. The van der Waals surface area contributed by atoms with E-state index in [1.54, 1.807) is 7.11 Å². The summed E-state index contributed by atoms with van der Waals surface area (Å²) >= 11 is 0. The summed E-state index contributed by atoms with van der Waals surface area (Å²) in [6.45, 7) is 6.47. The quantitative estimate of drug-likeness (QED) is 0.657. The lowest BCUT2D eigenvalue weighted by Crippen LogP contribution is -2.41. The van der Waals surface area contributed by atoms with Crippen LogP contribution in [0, 0.1) is 5.92 Å². The van der Waals surface area contributed by atoms with Gasteiger partial charge in [0.2, 0.25) is 5.91 Å². The van der Waals surface area contributed by atoms with Gasteiger partial charge in [-0.3, -0.25) is 4.79 Å². The molecule has 1 rings (SSSR count). The smallest absolute Gasteiger partial charge is 0.225 e. The molecule has 1 amide bonds. The highest BCUT2D eigenvalue weighted by Crippen LogP contribution is 2.16. The summed E-state index contributed by atoms with van der Waals surface area (Å²) in [6, 6.07) is 0. The van der Waals surface area contributed by atoms with Crippen LogP contribution < -0.4 is 5.32 Å². The number of carbonyl (C=O) groups excluding carboxylic acids is 1. The number of amides is 1. The van der Waals surface area contributed by atoms with Crippen LogP contribution in [0.5, 0.6) is 0 Å². The largest absolute Gasteiger partial charge is 0.383 e. The molecular weight excluding hydrogens is 204 g/mol. The molecule has 4 heteroatoms. The number of nitrogens with zero attached hydrogens (tertiary/aromatic N) is 1. The molecule has 1 N–H and O–H groups in total. The Morgan fingerprint density at radius 2 is 2.31 bits per heavy atom. The number of piperidine rings is 1. The molecule has 0 spiro atoms. The standard InChI is InChI=1S/C12H24N2O2/c1-11-5-3-8-14(12(11)15)9-4-6-13-7-10-16-2/h11,13H,3-10H2,1-2H3. The Hall–Kier alpha value is -0.610. The molecule has 4 nitrogen and oxygen atoms in total. The highest BCUT2D eigenvalue weighted by molar-refractivity contribution is 5.79. The first-order valence-electron chi connectivity index (χ1n) is 6.24. The van der Waals surface area contributed by atoms with Crippen molar-refractivity contribution in [2.45, 2.75) is 26.2 Å². The van der Waals surface area contributed by atoms with E-state index in [-0.39, 0.29) is 5.92 Å². The minimum Gasteiger partial charge on any atom is -0.383 e. The average Bonchev–Trinajstić information content (AvgIpc) is 2.29.